The highest BCUT2D eigenvalue weighted by molar-refractivity contribution is 7.89. The second-order valence-electron chi connectivity index (χ2n) is 5.10. The van der Waals surface area contributed by atoms with Gasteiger partial charge in [-0.05, 0) is 24.6 Å². The van der Waals surface area contributed by atoms with Crippen LogP contribution in [0.15, 0.2) is 23.1 Å². The van der Waals surface area contributed by atoms with Crippen molar-refractivity contribution < 1.29 is 13.2 Å². The average Bonchev–Trinajstić information content (AvgIpc) is 2.87. The Balaban J connectivity index is 2.36. The average molecular weight is 299 g/mol. The Morgan fingerprint density at radius 3 is 2.65 bits per heavy atom. The maximum absolute atomic E-state index is 12.2. The van der Waals surface area contributed by atoms with Crippen molar-refractivity contribution in [3.63, 3.8) is 0 Å². The number of nitrogens with zero attached hydrogens (tertiary/aromatic N) is 2. The molecule has 6 nitrogen and oxygen atoms in total. The van der Waals surface area contributed by atoms with Gasteiger partial charge in [-0.1, -0.05) is 0 Å². The van der Waals surface area contributed by atoms with Gasteiger partial charge < -0.3 is 15.4 Å². The molecule has 1 saturated heterocycles. The van der Waals surface area contributed by atoms with Crippen molar-refractivity contribution in [3.8, 4) is 0 Å². The van der Waals surface area contributed by atoms with E-state index >= 15 is 0 Å². The fourth-order valence-corrected chi connectivity index (χ4v) is 3.23. The lowest BCUT2D eigenvalue weighted by molar-refractivity contribution is 0.121. The number of nitrogens with two attached hydrogens (primary N) is 1. The predicted molar refractivity (Wildman–Crippen MR) is 79.4 cm³/mol. The van der Waals surface area contributed by atoms with Gasteiger partial charge in [0.05, 0.1) is 22.4 Å². The van der Waals surface area contributed by atoms with Gasteiger partial charge in [0.25, 0.3) is 0 Å². The van der Waals surface area contributed by atoms with Crippen LogP contribution in [-0.4, -0.2) is 53.1 Å². The van der Waals surface area contributed by atoms with E-state index in [1.165, 1.54) is 24.5 Å². The zero-order chi connectivity index (χ0) is 14.9. The van der Waals surface area contributed by atoms with Crippen molar-refractivity contribution in [2.24, 2.45) is 0 Å². The van der Waals surface area contributed by atoms with Gasteiger partial charge in [-0.25, -0.2) is 12.7 Å². The van der Waals surface area contributed by atoms with Gasteiger partial charge in [0, 0.05) is 34.3 Å². The lowest BCUT2D eigenvalue weighted by Crippen LogP contribution is -2.25. The van der Waals surface area contributed by atoms with Gasteiger partial charge in [-0.15, -0.1) is 0 Å². The summed E-state index contributed by atoms with van der Waals surface area (Å²) in [6.45, 7) is 1.54. The lowest BCUT2D eigenvalue weighted by Gasteiger charge is -2.22. The second-order valence-corrected chi connectivity index (χ2v) is 7.25. The number of anilines is 2. The molecule has 0 aromatic heterocycles. The molecule has 1 atom stereocenters. The quantitative estimate of drug-likeness (QED) is 0.830. The van der Waals surface area contributed by atoms with Crippen LogP contribution in [0.2, 0.25) is 0 Å². The maximum Gasteiger partial charge on any atom is 0.242 e. The minimum absolute atomic E-state index is 0.170. The fraction of sp³-hybridized carbons (Fsp3) is 0.538. The summed E-state index contributed by atoms with van der Waals surface area (Å²) in [5.41, 5.74) is 7.32. The molecule has 1 aromatic carbocycles. The van der Waals surface area contributed by atoms with Crippen LogP contribution in [0.25, 0.3) is 0 Å². The molecule has 2 rings (SSSR count). The third-order valence-corrected chi connectivity index (χ3v) is 5.41. The van der Waals surface area contributed by atoms with E-state index in [4.69, 9.17) is 10.5 Å². The molecule has 1 aromatic rings. The largest absolute Gasteiger partial charge is 0.397 e. The molecule has 0 radical (unpaired) electrons. The lowest BCUT2D eigenvalue weighted by atomic mass is 10.2. The molecule has 0 amide bonds. The smallest absolute Gasteiger partial charge is 0.242 e. The summed E-state index contributed by atoms with van der Waals surface area (Å²) in [6, 6.07) is 4.83. The molecule has 0 saturated carbocycles. The molecule has 112 valence electrons. The molecule has 1 heterocycles. The first-order valence-corrected chi connectivity index (χ1v) is 7.90. The SMILES string of the molecule is COC1CCN(c2cc(S(=O)(=O)N(C)C)ccc2N)C1. The van der Waals surface area contributed by atoms with E-state index < -0.39 is 10.0 Å². The van der Waals surface area contributed by atoms with Crippen molar-refractivity contribution in [2.45, 2.75) is 17.4 Å². The molecule has 1 unspecified atom stereocenters. The minimum Gasteiger partial charge on any atom is -0.397 e. The first-order chi connectivity index (χ1) is 9.36. The molecular weight excluding hydrogens is 278 g/mol. The van der Waals surface area contributed by atoms with Gasteiger partial charge in [0.1, 0.15) is 0 Å². The topological polar surface area (TPSA) is 75.9 Å². The predicted octanol–water partition coefficient (Wildman–Crippen LogP) is 0.744. The van der Waals surface area contributed by atoms with Crippen molar-refractivity contribution in [1.29, 1.82) is 0 Å². The van der Waals surface area contributed by atoms with Crippen molar-refractivity contribution in [1.82, 2.24) is 4.31 Å². The highest BCUT2D eigenvalue weighted by Crippen LogP contribution is 2.30. The Labute approximate surface area is 120 Å². The van der Waals surface area contributed by atoms with Crippen LogP contribution < -0.4 is 10.6 Å². The Morgan fingerprint density at radius 1 is 1.40 bits per heavy atom. The third-order valence-electron chi connectivity index (χ3n) is 3.60. The standard InChI is InChI=1S/C13H21N3O3S/c1-15(2)20(17,18)11-4-5-12(14)13(8-11)16-7-6-10(9-16)19-3/h4-5,8,10H,6-7,9,14H2,1-3H3. The van der Waals surface area contributed by atoms with Crippen LogP contribution in [0.5, 0.6) is 0 Å². The summed E-state index contributed by atoms with van der Waals surface area (Å²) in [5.74, 6) is 0. The van der Waals surface area contributed by atoms with Gasteiger partial charge in [0.15, 0.2) is 0 Å². The zero-order valence-electron chi connectivity index (χ0n) is 12.0. The highest BCUT2D eigenvalue weighted by Gasteiger charge is 2.25. The Bertz CT molecular complexity index is 587. The summed E-state index contributed by atoms with van der Waals surface area (Å²) in [4.78, 5) is 2.32. The van der Waals surface area contributed by atoms with Crippen LogP contribution in [0.4, 0.5) is 11.4 Å². The minimum atomic E-state index is -3.44. The van der Waals surface area contributed by atoms with Crippen LogP contribution in [0, 0.1) is 0 Å². The van der Waals surface area contributed by atoms with Gasteiger partial charge >= 0.3 is 0 Å². The number of hydrogen-bond donors (Lipinski definition) is 1. The molecule has 1 fully saturated rings. The first-order valence-electron chi connectivity index (χ1n) is 6.46. The van der Waals surface area contributed by atoms with Crippen molar-refractivity contribution in [3.05, 3.63) is 18.2 Å². The summed E-state index contributed by atoms with van der Waals surface area (Å²) >= 11 is 0. The maximum atomic E-state index is 12.2. The molecule has 20 heavy (non-hydrogen) atoms. The zero-order valence-corrected chi connectivity index (χ0v) is 12.9. The van der Waals surface area contributed by atoms with E-state index in [2.05, 4.69) is 4.90 Å². The van der Waals surface area contributed by atoms with Gasteiger partial charge in [-0.3, -0.25) is 0 Å². The van der Waals surface area contributed by atoms with Gasteiger partial charge in [0.2, 0.25) is 10.0 Å². The molecule has 0 spiro atoms. The summed E-state index contributed by atoms with van der Waals surface area (Å²) in [5, 5.41) is 0. The molecule has 7 heteroatoms. The van der Waals surface area contributed by atoms with E-state index in [0.29, 0.717) is 5.69 Å². The number of nitrogen functional groups attached to an aromatic ring is 1. The number of methoxy groups -OCH3 is 1. The number of hydrogen-bond acceptors (Lipinski definition) is 5. The van der Waals surface area contributed by atoms with Crippen LogP contribution in [-0.2, 0) is 14.8 Å². The Kier molecular flexibility index (Phi) is 4.22. The molecule has 1 aliphatic heterocycles. The first kappa shape index (κ1) is 15.1. The number of benzene rings is 1. The summed E-state index contributed by atoms with van der Waals surface area (Å²) in [7, 11) is 1.27. The van der Waals surface area contributed by atoms with E-state index in [1.807, 2.05) is 0 Å². The highest BCUT2D eigenvalue weighted by atomic mass is 32.2. The number of rotatable bonds is 4. The summed E-state index contributed by atoms with van der Waals surface area (Å²) < 4.78 is 30.9. The van der Waals surface area contributed by atoms with Gasteiger partial charge in [-0.2, -0.15) is 0 Å². The summed E-state index contributed by atoms with van der Waals surface area (Å²) in [6.07, 6.45) is 1.09. The number of sulfonamides is 1. The van der Waals surface area contributed by atoms with E-state index in [1.54, 1.807) is 19.2 Å². The molecule has 0 bridgehead atoms. The molecular formula is C13H21N3O3S. The van der Waals surface area contributed by atoms with E-state index in [0.717, 1.165) is 25.2 Å². The van der Waals surface area contributed by atoms with Crippen molar-refractivity contribution in [2.75, 3.05) is 44.9 Å². The van der Waals surface area contributed by atoms with Crippen LogP contribution >= 0.6 is 0 Å². The normalized spacial score (nSPS) is 19.8. The van der Waals surface area contributed by atoms with Crippen LogP contribution in [0.3, 0.4) is 0 Å². The van der Waals surface area contributed by atoms with Crippen molar-refractivity contribution >= 4 is 21.4 Å². The molecule has 0 aliphatic carbocycles. The third kappa shape index (κ3) is 2.74. The second kappa shape index (κ2) is 5.59. The Morgan fingerprint density at radius 2 is 2.10 bits per heavy atom. The van der Waals surface area contributed by atoms with E-state index in [-0.39, 0.29) is 11.0 Å². The fourth-order valence-electron chi connectivity index (χ4n) is 2.31. The molecule has 2 N–H and O–H groups in total. The monoisotopic (exact) mass is 299 g/mol. The van der Waals surface area contributed by atoms with E-state index in [9.17, 15) is 8.42 Å². The molecule has 1 aliphatic rings. The Hall–Kier alpha value is -1.31. The number of ether oxygens (including phenoxy) is 1. The van der Waals surface area contributed by atoms with Crippen LogP contribution in [0.1, 0.15) is 6.42 Å².